The van der Waals surface area contributed by atoms with Crippen molar-refractivity contribution >= 4 is 37.5 Å². The molecular formula is C23H26FN3O5S2. The fourth-order valence-electron chi connectivity index (χ4n) is 3.97. The largest absolute Gasteiger partial charge is 0.497 e. The highest BCUT2D eigenvalue weighted by atomic mass is 32.2. The molecule has 0 aliphatic carbocycles. The van der Waals surface area contributed by atoms with Crippen molar-refractivity contribution < 1.29 is 27.1 Å². The van der Waals surface area contributed by atoms with Gasteiger partial charge in [-0.2, -0.15) is 9.30 Å². The number of carbonyl (C=O) groups excluding carboxylic acids is 1. The van der Waals surface area contributed by atoms with E-state index < -0.39 is 21.8 Å². The maximum absolute atomic E-state index is 13.2. The molecule has 2 heterocycles. The van der Waals surface area contributed by atoms with E-state index in [2.05, 4.69) is 4.99 Å². The Kier molecular flexibility index (Phi) is 7.46. The standard InChI is InChI=1S/C23H26FN3O5S2/c1-31-13-12-27-20-10-7-18(32-2)14-21(20)33-23(27)25-22(28)16-4-3-11-26(15-16)34(29,30)19-8-5-17(24)6-9-19/h5-10,14,16H,3-4,11-13,15H2,1-2H3. The zero-order valence-electron chi connectivity index (χ0n) is 18.9. The van der Waals surface area contributed by atoms with E-state index in [1.165, 1.54) is 27.8 Å². The number of aromatic nitrogens is 1. The van der Waals surface area contributed by atoms with Crippen molar-refractivity contribution in [3.8, 4) is 5.75 Å². The fourth-order valence-corrected chi connectivity index (χ4v) is 6.58. The maximum atomic E-state index is 13.2. The van der Waals surface area contributed by atoms with Crippen molar-refractivity contribution in [2.24, 2.45) is 10.9 Å². The lowest BCUT2D eigenvalue weighted by Gasteiger charge is -2.30. The van der Waals surface area contributed by atoms with Gasteiger partial charge in [-0.15, -0.1) is 0 Å². The minimum Gasteiger partial charge on any atom is -0.497 e. The lowest BCUT2D eigenvalue weighted by molar-refractivity contribution is -0.122. The molecular weight excluding hydrogens is 481 g/mol. The van der Waals surface area contributed by atoms with E-state index in [9.17, 15) is 17.6 Å². The monoisotopic (exact) mass is 507 g/mol. The van der Waals surface area contributed by atoms with Gasteiger partial charge in [0.15, 0.2) is 4.80 Å². The van der Waals surface area contributed by atoms with Gasteiger partial charge in [0.05, 0.1) is 34.7 Å². The SMILES string of the molecule is COCCn1c(=NC(=O)C2CCCN(S(=O)(=O)c3ccc(F)cc3)C2)sc2cc(OC)ccc21. The van der Waals surface area contributed by atoms with E-state index in [1.54, 1.807) is 14.2 Å². The van der Waals surface area contributed by atoms with Crippen molar-refractivity contribution in [2.75, 3.05) is 33.9 Å². The zero-order valence-corrected chi connectivity index (χ0v) is 20.6. The van der Waals surface area contributed by atoms with E-state index in [4.69, 9.17) is 9.47 Å². The molecule has 1 saturated heterocycles. The number of amides is 1. The molecule has 2 aromatic carbocycles. The Labute approximate surface area is 201 Å². The molecule has 1 atom stereocenters. The molecule has 0 bridgehead atoms. The molecule has 4 rings (SSSR count). The molecule has 182 valence electrons. The summed E-state index contributed by atoms with van der Waals surface area (Å²) in [6.07, 6.45) is 1.09. The Balaban J connectivity index is 1.62. The average Bonchev–Trinajstić information content (AvgIpc) is 3.18. The predicted molar refractivity (Wildman–Crippen MR) is 127 cm³/mol. The van der Waals surface area contributed by atoms with Gasteiger partial charge < -0.3 is 14.0 Å². The minimum atomic E-state index is -3.83. The molecule has 1 unspecified atom stereocenters. The summed E-state index contributed by atoms with van der Waals surface area (Å²) in [5.74, 6) is -0.713. The first-order chi connectivity index (χ1) is 16.3. The average molecular weight is 508 g/mol. The van der Waals surface area contributed by atoms with Gasteiger partial charge in [-0.3, -0.25) is 4.79 Å². The van der Waals surface area contributed by atoms with Crippen LogP contribution in [0.4, 0.5) is 4.39 Å². The lowest BCUT2D eigenvalue weighted by atomic mass is 9.99. The normalized spacial score (nSPS) is 17.9. The Hall–Kier alpha value is -2.60. The van der Waals surface area contributed by atoms with Gasteiger partial charge in [-0.05, 0) is 55.3 Å². The van der Waals surface area contributed by atoms with Crippen molar-refractivity contribution in [3.63, 3.8) is 0 Å². The molecule has 1 fully saturated rings. The molecule has 0 saturated carbocycles. The number of ether oxygens (including phenoxy) is 2. The second-order valence-electron chi connectivity index (χ2n) is 7.97. The molecule has 1 aromatic heterocycles. The summed E-state index contributed by atoms with van der Waals surface area (Å²) in [4.78, 5) is 18.1. The van der Waals surface area contributed by atoms with Crippen LogP contribution in [0.3, 0.4) is 0 Å². The van der Waals surface area contributed by atoms with Crippen LogP contribution in [0.2, 0.25) is 0 Å². The van der Waals surface area contributed by atoms with Crippen molar-refractivity contribution in [3.05, 3.63) is 53.1 Å². The second kappa shape index (κ2) is 10.3. The van der Waals surface area contributed by atoms with Crippen LogP contribution in [-0.2, 0) is 26.1 Å². The van der Waals surface area contributed by atoms with E-state index in [0.29, 0.717) is 43.1 Å². The number of fused-ring (bicyclic) bond motifs is 1. The molecule has 1 aliphatic heterocycles. The Morgan fingerprint density at radius 1 is 1.21 bits per heavy atom. The van der Waals surface area contributed by atoms with E-state index in [-0.39, 0.29) is 17.3 Å². The van der Waals surface area contributed by atoms with Crippen LogP contribution in [0.25, 0.3) is 10.2 Å². The van der Waals surface area contributed by atoms with Gasteiger partial charge in [0.1, 0.15) is 11.6 Å². The fraction of sp³-hybridized carbons (Fsp3) is 0.391. The smallest absolute Gasteiger partial charge is 0.252 e. The Morgan fingerprint density at radius 2 is 1.97 bits per heavy atom. The summed E-state index contributed by atoms with van der Waals surface area (Å²) in [6.45, 7) is 1.32. The van der Waals surface area contributed by atoms with Gasteiger partial charge in [-0.25, -0.2) is 12.8 Å². The molecule has 0 N–H and O–H groups in total. The number of nitrogens with zero attached hydrogens (tertiary/aromatic N) is 3. The van der Waals surface area contributed by atoms with Crippen molar-refractivity contribution in [1.82, 2.24) is 8.87 Å². The van der Waals surface area contributed by atoms with Crippen molar-refractivity contribution in [1.29, 1.82) is 0 Å². The number of benzene rings is 2. The number of halogens is 1. The maximum Gasteiger partial charge on any atom is 0.252 e. The summed E-state index contributed by atoms with van der Waals surface area (Å²) in [5, 5.41) is 0. The number of carbonyl (C=O) groups is 1. The van der Waals surface area contributed by atoms with Crippen LogP contribution in [0.1, 0.15) is 12.8 Å². The number of hydrogen-bond donors (Lipinski definition) is 0. The molecule has 0 spiro atoms. The summed E-state index contributed by atoms with van der Waals surface area (Å²) in [6, 6.07) is 10.4. The van der Waals surface area contributed by atoms with Crippen LogP contribution in [-0.4, -0.2) is 57.1 Å². The summed E-state index contributed by atoms with van der Waals surface area (Å²) >= 11 is 1.37. The first-order valence-corrected chi connectivity index (χ1v) is 13.1. The molecule has 0 radical (unpaired) electrons. The van der Waals surface area contributed by atoms with Crippen LogP contribution >= 0.6 is 11.3 Å². The Bertz CT molecular complexity index is 1350. The minimum absolute atomic E-state index is 0.00907. The molecule has 11 heteroatoms. The van der Waals surface area contributed by atoms with Gasteiger partial charge in [0.2, 0.25) is 10.0 Å². The third kappa shape index (κ3) is 5.07. The van der Waals surface area contributed by atoms with Crippen LogP contribution < -0.4 is 9.54 Å². The quantitative estimate of drug-likeness (QED) is 0.490. The van der Waals surface area contributed by atoms with Crippen LogP contribution in [0.15, 0.2) is 52.4 Å². The summed E-state index contributed by atoms with van der Waals surface area (Å²) < 4.78 is 53.9. The zero-order chi connectivity index (χ0) is 24.3. The second-order valence-corrected chi connectivity index (χ2v) is 10.9. The molecule has 1 amide bonds. The number of sulfonamides is 1. The van der Waals surface area contributed by atoms with Gasteiger partial charge in [-0.1, -0.05) is 11.3 Å². The van der Waals surface area contributed by atoms with E-state index >= 15 is 0 Å². The summed E-state index contributed by atoms with van der Waals surface area (Å²) in [5.41, 5.74) is 0.915. The van der Waals surface area contributed by atoms with Gasteiger partial charge in [0, 0.05) is 26.7 Å². The van der Waals surface area contributed by atoms with E-state index in [0.717, 1.165) is 22.3 Å². The summed E-state index contributed by atoms with van der Waals surface area (Å²) in [7, 11) is -0.623. The molecule has 3 aromatic rings. The number of hydrogen-bond acceptors (Lipinski definition) is 6. The number of thiazole rings is 1. The topological polar surface area (TPSA) is 90.2 Å². The highest BCUT2D eigenvalue weighted by molar-refractivity contribution is 7.89. The molecule has 8 nitrogen and oxygen atoms in total. The molecule has 1 aliphatic rings. The molecule has 34 heavy (non-hydrogen) atoms. The number of methoxy groups -OCH3 is 2. The third-order valence-corrected chi connectivity index (χ3v) is 8.72. The highest BCUT2D eigenvalue weighted by Gasteiger charge is 2.33. The first kappa shape index (κ1) is 24.5. The predicted octanol–water partition coefficient (Wildman–Crippen LogP) is 3.03. The highest BCUT2D eigenvalue weighted by Crippen LogP contribution is 2.26. The van der Waals surface area contributed by atoms with Gasteiger partial charge >= 0.3 is 0 Å². The Morgan fingerprint density at radius 3 is 2.68 bits per heavy atom. The van der Waals surface area contributed by atoms with Gasteiger partial charge in [0.25, 0.3) is 5.91 Å². The van der Waals surface area contributed by atoms with E-state index in [1.807, 2.05) is 22.8 Å². The van der Waals surface area contributed by atoms with Crippen LogP contribution in [0, 0.1) is 11.7 Å². The van der Waals surface area contributed by atoms with Crippen LogP contribution in [0.5, 0.6) is 5.75 Å². The first-order valence-electron chi connectivity index (χ1n) is 10.8. The van der Waals surface area contributed by atoms with Crippen molar-refractivity contribution in [2.45, 2.75) is 24.3 Å². The number of rotatable bonds is 7. The lowest BCUT2D eigenvalue weighted by Crippen LogP contribution is -2.42. The third-order valence-electron chi connectivity index (χ3n) is 5.80. The number of piperidine rings is 1.